The second-order valence-corrected chi connectivity index (χ2v) is 6.81. The molecule has 0 bridgehead atoms. The Bertz CT molecular complexity index is 844. The number of benzene rings is 1. The second kappa shape index (κ2) is 10.9. The third-order valence-electron chi connectivity index (χ3n) is 4.83. The van der Waals surface area contributed by atoms with Crippen molar-refractivity contribution < 1.29 is 37.0 Å². The fraction of sp³-hybridized carbons (Fsp3) is 0.526. The van der Waals surface area contributed by atoms with Crippen LogP contribution in [0.3, 0.4) is 0 Å². The number of ether oxygens (including phenoxy) is 2. The molecule has 0 aliphatic carbocycles. The molecule has 10 nitrogen and oxygen atoms in total. The van der Waals surface area contributed by atoms with Gasteiger partial charge in [-0.05, 0) is 18.2 Å². The number of carbonyl (C=O) groups excluding carboxylic acids is 3. The van der Waals surface area contributed by atoms with Gasteiger partial charge in [-0.2, -0.15) is 8.78 Å². The highest BCUT2D eigenvalue weighted by Gasteiger charge is 2.33. The Hall–Kier alpha value is -3.22. The SMILES string of the molecule is C.COC(=O)N1CCN(c2ccc(N3C[C@H](CNC(=O)C(F)F)OC3=O)cc2F)CCN1. The number of amides is 3. The molecule has 0 radical (unpaired) electrons. The molecule has 0 unspecified atom stereocenters. The van der Waals surface area contributed by atoms with Crippen molar-refractivity contribution >= 4 is 29.5 Å². The zero-order valence-corrected chi connectivity index (χ0v) is 16.6. The van der Waals surface area contributed by atoms with Crippen LogP contribution in [0.4, 0.5) is 34.1 Å². The van der Waals surface area contributed by atoms with Gasteiger partial charge < -0.3 is 19.7 Å². The number of rotatable bonds is 5. The molecule has 2 heterocycles. The van der Waals surface area contributed by atoms with Gasteiger partial charge in [-0.15, -0.1) is 0 Å². The van der Waals surface area contributed by atoms with Crippen molar-refractivity contribution in [1.29, 1.82) is 0 Å². The van der Waals surface area contributed by atoms with Gasteiger partial charge in [-0.25, -0.2) is 24.4 Å². The van der Waals surface area contributed by atoms with Gasteiger partial charge in [-0.1, -0.05) is 7.43 Å². The summed E-state index contributed by atoms with van der Waals surface area (Å²) in [5.74, 6) is -2.03. The van der Waals surface area contributed by atoms with Crippen LogP contribution in [0.15, 0.2) is 18.2 Å². The first-order valence-electron chi connectivity index (χ1n) is 9.47. The van der Waals surface area contributed by atoms with E-state index in [1.54, 1.807) is 4.90 Å². The van der Waals surface area contributed by atoms with Crippen LogP contribution in [0.5, 0.6) is 0 Å². The lowest BCUT2D eigenvalue weighted by Crippen LogP contribution is -2.43. The van der Waals surface area contributed by atoms with E-state index in [0.29, 0.717) is 25.3 Å². The van der Waals surface area contributed by atoms with E-state index in [2.05, 4.69) is 10.2 Å². The highest BCUT2D eigenvalue weighted by Crippen LogP contribution is 2.28. The minimum atomic E-state index is -3.16. The largest absolute Gasteiger partial charge is 0.452 e. The maximum Gasteiger partial charge on any atom is 0.424 e. The summed E-state index contributed by atoms with van der Waals surface area (Å²) in [5.41, 5.74) is 3.42. The van der Waals surface area contributed by atoms with Gasteiger partial charge in [0.15, 0.2) is 0 Å². The van der Waals surface area contributed by atoms with Crippen LogP contribution in [-0.2, 0) is 14.3 Å². The van der Waals surface area contributed by atoms with E-state index in [1.165, 1.54) is 30.3 Å². The Morgan fingerprint density at radius 3 is 2.72 bits per heavy atom. The first kappa shape index (κ1) is 25.0. The van der Waals surface area contributed by atoms with Crippen molar-refractivity contribution in [2.45, 2.75) is 20.0 Å². The molecule has 32 heavy (non-hydrogen) atoms. The summed E-state index contributed by atoms with van der Waals surface area (Å²) in [5, 5.41) is 3.29. The van der Waals surface area contributed by atoms with E-state index in [0.717, 1.165) is 4.90 Å². The molecule has 2 N–H and O–H groups in total. The highest BCUT2D eigenvalue weighted by molar-refractivity contribution is 5.90. The van der Waals surface area contributed by atoms with Crippen LogP contribution in [-0.4, -0.2) is 82.0 Å². The van der Waals surface area contributed by atoms with Crippen LogP contribution in [0, 0.1) is 5.82 Å². The molecule has 2 aliphatic rings. The van der Waals surface area contributed by atoms with E-state index in [-0.39, 0.29) is 32.7 Å². The van der Waals surface area contributed by atoms with Gasteiger partial charge >= 0.3 is 18.6 Å². The van der Waals surface area contributed by atoms with Crippen molar-refractivity contribution in [3.63, 3.8) is 0 Å². The number of nitrogens with zero attached hydrogens (tertiary/aromatic N) is 3. The van der Waals surface area contributed by atoms with Crippen LogP contribution in [0.1, 0.15) is 7.43 Å². The third kappa shape index (κ3) is 5.72. The summed E-state index contributed by atoms with van der Waals surface area (Å²) < 4.78 is 49.0. The lowest BCUT2D eigenvalue weighted by atomic mass is 10.2. The van der Waals surface area contributed by atoms with E-state index < -0.39 is 36.4 Å². The summed E-state index contributed by atoms with van der Waals surface area (Å²) in [7, 11) is 1.27. The Labute approximate surface area is 183 Å². The minimum Gasteiger partial charge on any atom is -0.452 e. The van der Waals surface area contributed by atoms with Crippen LogP contribution < -0.4 is 20.5 Å². The van der Waals surface area contributed by atoms with Gasteiger partial charge in [0.1, 0.15) is 11.9 Å². The van der Waals surface area contributed by atoms with E-state index in [9.17, 15) is 27.6 Å². The number of halogens is 3. The second-order valence-electron chi connectivity index (χ2n) is 6.81. The molecule has 1 aromatic rings. The summed E-state index contributed by atoms with van der Waals surface area (Å²) in [4.78, 5) is 37.6. The summed E-state index contributed by atoms with van der Waals surface area (Å²) in [6.07, 6.45) is -5.30. The lowest BCUT2D eigenvalue weighted by molar-refractivity contribution is -0.132. The summed E-state index contributed by atoms with van der Waals surface area (Å²) in [6, 6.07) is 4.22. The molecule has 2 saturated heterocycles. The first-order valence-corrected chi connectivity index (χ1v) is 9.47. The molecule has 0 aromatic heterocycles. The average molecular weight is 461 g/mol. The van der Waals surface area contributed by atoms with Gasteiger partial charge in [0, 0.05) is 19.6 Å². The van der Waals surface area contributed by atoms with Crippen molar-refractivity contribution in [3.8, 4) is 0 Å². The van der Waals surface area contributed by atoms with E-state index in [1.807, 2.05) is 5.32 Å². The smallest absolute Gasteiger partial charge is 0.424 e. The number of hydrogen-bond acceptors (Lipinski definition) is 7. The molecule has 1 atom stereocenters. The molecule has 2 fully saturated rings. The van der Waals surface area contributed by atoms with Crippen LogP contribution in [0.2, 0.25) is 0 Å². The lowest BCUT2D eigenvalue weighted by Gasteiger charge is -2.24. The molecule has 3 amide bonds. The van der Waals surface area contributed by atoms with Gasteiger partial charge in [0.25, 0.3) is 5.91 Å². The summed E-state index contributed by atoms with van der Waals surface area (Å²) >= 11 is 0. The molecule has 1 aromatic carbocycles. The molecule has 0 spiro atoms. The van der Waals surface area contributed by atoms with Gasteiger partial charge in [0.2, 0.25) is 0 Å². The molecule has 3 rings (SSSR count). The van der Waals surface area contributed by atoms with Crippen LogP contribution in [0.25, 0.3) is 0 Å². The standard InChI is InChI=1S/C18H22F3N5O5.CH4/c1-30-18(29)26-7-6-24(5-4-23-26)14-3-2-11(8-13(14)19)25-10-12(31-17(25)28)9-22-16(27)15(20)21;/h2-3,8,12,15,23H,4-7,9-10H2,1H3,(H,22,27);1H4/t12-;/m0./s1. The highest BCUT2D eigenvalue weighted by atomic mass is 19.3. The van der Waals surface area contributed by atoms with Crippen molar-refractivity contribution in [3.05, 3.63) is 24.0 Å². The van der Waals surface area contributed by atoms with E-state index >= 15 is 0 Å². The monoisotopic (exact) mass is 461 g/mol. The fourth-order valence-electron chi connectivity index (χ4n) is 3.29. The Balaban J connectivity index is 0.00000363. The molecular weight excluding hydrogens is 435 g/mol. The van der Waals surface area contributed by atoms with Crippen LogP contribution >= 0.6 is 0 Å². The number of hydrogen-bond donors (Lipinski definition) is 2. The topological polar surface area (TPSA) is 103 Å². The number of cyclic esters (lactones) is 1. The average Bonchev–Trinajstić information content (AvgIpc) is 2.95. The quantitative estimate of drug-likeness (QED) is 0.686. The zero-order valence-electron chi connectivity index (χ0n) is 16.6. The molecule has 0 saturated carbocycles. The maximum atomic E-state index is 14.8. The Morgan fingerprint density at radius 1 is 1.31 bits per heavy atom. The fourth-order valence-corrected chi connectivity index (χ4v) is 3.29. The first-order chi connectivity index (χ1) is 14.8. The number of hydrazine groups is 1. The number of carbonyl (C=O) groups is 3. The molecule has 2 aliphatic heterocycles. The Kier molecular flexibility index (Phi) is 8.52. The minimum absolute atomic E-state index is 0. The van der Waals surface area contributed by atoms with E-state index in [4.69, 9.17) is 4.74 Å². The number of methoxy groups -OCH3 is 1. The zero-order chi connectivity index (χ0) is 22.5. The molecule has 13 heteroatoms. The predicted molar refractivity (Wildman–Crippen MR) is 109 cm³/mol. The van der Waals surface area contributed by atoms with Crippen molar-refractivity contribution in [2.75, 3.05) is 56.2 Å². The number of nitrogens with one attached hydrogen (secondary N) is 2. The third-order valence-corrected chi connectivity index (χ3v) is 4.83. The Morgan fingerprint density at radius 2 is 2.06 bits per heavy atom. The van der Waals surface area contributed by atoms with Gasteiger partial charge in [-0.3, -0.25) is 9.69 Å². The van der Waals surface area contributed by atoms with Crippen molar-refractivity contribution in [2.24, 2.45) is 0 Å². The normalized spacial score (nSPS) is 18.7. The van der Waals surface area contributed by atoms with Crippen molar-refractivity contribution in [1.82, 2.24) is 15.8 Å². The number of anilines is 2. The summed E-state index contributed by atoms with van der Waals surface area (Å²) in [6.45, 7) is 1.16. The van der Waals surface area contributed by atoms with Gasteiger partial charge in [0.05, 0.1) is 38.1 Å². The molecule has 178 valence electrons. The maximum absolute atomic E-state index is 14.8. The number of alkyl halides is 2. The predicted octanol–water partition coefficient (Wildman–Crippen LogP) is 1.56. The molecular formula is C19H26F3N5O5.